The van der Waals surface area contributed by atoms with Crippen LogP contribution in [-0.4, -0.2) is 156 Å². The van der Waals surface area contributed by atoms with Gasteiger partial charge in [-0.3, -0.25) is 9.59 Å². The van der Waals surface area contributed by atoms with Crippen LogP contribution in [0.25, 0.3) is 0 Å². The lowest BCUT2D eigenvalue weighted by atomic mass is 9.75. The number of likely N-dealkylation sites (N-methyl/N-ethyl adjacent to an activating group) is 1. The zero-order chi connectivity index (χ0) is 46.4. The molecule has 3 aliphatic rings. The number of primary sulfonamides is 1. The summed E-state index contributed by atoms with van der Waals surface area (Å²) in [5, 5.41) is 56.6. The molecule has 0 saturated carbocycles. The summed E-state index contributed by atoms with van der Waals surface area (Å²) >= 11 is 0. The number of piperidine rings is 1. The minimum Gasteiger partial charge on any atom is -0.462 e. The summed E-state index contributed by atoms with van der Waals surface area (Å²) in [6.07, 6.45) is -0.793. The van der Waals surface area contributed by atoms with Crippen molar-refractivity contribution < 1.29 is 57.1 Å². The Bertz CT molecular complexity index is 1980. The van der Waals surface area contributed by atoms with Crippen LogP contribution < -0.4 is 10.5 Å². The molecule has 3 aliphatic heterocycles. The molecular weight excluding hydrogens is 839 g/mol. The highest BCUT2D eigenvalue weighted by Crippen LogP contribution is 2.38. The summed E-state index contributed by atoms with van der Waals surface area (Å²) in [7, 11) is -0.409. The quantitative estimate of drug-likeness (QED) is 0.115. The van der Waals surface area contributed by atoms with Crippen LogP contribution in [0.1, 0.15) is 85.4 Å². The van der Waals surface area contributed by atoms with E-state index in [0.717, 1.165) is 24.9 Å². The fourth-order valence-corrected chi connectivity index (χ4v) is 9.47. The Morgan fingerprint density at radius 2 is 1.79 bits per heavy atom. The molecule has 1 aromatic carbocycles. The van der Waals surface area contributed by atoms with E-state index >= 15 is 0 Å². The Hall–Kier alpha value is -3.44. The van der Waals surface area contributed by atoms with E-state index in [1.165, 1.54) is 33.1 Å². The number of hydrogen-bond acceptors (Lipinski definition) is 17. The monoisotopic (exact) mass is 907 g/mol. The van der Waals surface area contributed by atoms with Gasteiger partial charge >= 0.3 is 5.97 Å². The van der Waals surface area contributed by atoms with E-state index < -0.39 is 93.9 Å². The molecule has 0 radical (unpaired) electrons. The van der Waals surface area contributed by atoms with Gasteiger partial charge in [-0.25, -0.2) is 18.2 Å². The van der Waals surface area contributed by atoms with Crippen LogP contribution in [0, 0.1) is 23.7 Å². The second-order valence-electron chi connectivity index (χ2n) is 18.3. The summed E-state index contributed by atoms with van der Waals surface area (Å²) in [6.45, 7) is 13.5. The third-order valence-electron chi connectivity index (χ3n) is 13.0. The zero-order valence-corrected chi connectivity index (χ0v) is 38.9. The average molecular weight is 908 g/mol. The second kappa shape index (κ2) is 21.2. The van der Waals surface area contributed by atoms with Crippen LogP contribution in [0.4, 0.5) is 0 Å². The van der Waals surface area contributed by atoms with Crippen LogP contribution in [0.3, 0.4) is 0 Å². The number of benzene rings is 1. The highest BCUT2D eigenvalue weighted by Gasteiger charge is 2.50. The van der Waals surface area contributed by atoms with Crippen molar-refractivity contribution in [3.05, 3.63) is 41.7 Å². The fraction of sp³-hybridized carbons (Fsp3) is 0.744. The predicted molar refractivity (Wildman–Crippen MR) is 231 cm³/mol. The van der Waals surface area contributed by atoms with E-state index in [-0.39, 0.29) is 23.5 Å². The van der Waals surface area contributed by atoms with Crippen molar-refractivity contribution in [3.63, 3.8) is 0 Å². The third kappa shape index (κ3) is 12.7. The summed E-state index contributed by atoms with van der Waals surface area (Å²) in [5.41, 5.74) is -1.20. The number of sulfonamides is 1. The van der Waals surface area contributed by atoms with Gasteiger partial charge in [0, 0.05) is 56.6 Å². The van der Waals surface area contributed by atoms with Crippen LogP contribution >= 0.6 is 0 Å². The van der Waals surface area contributed by atoms with Gasteiger partial charge in [0.05, 0.1) is 46.8 Å². The summed E-state index contributed by atoms with van der Waals surface area (Å²) < 4.78 is 49.7. The van der Waals surface area contributed by atoms with Crippen molar-refractivity contribution in [2.24, 2.45) is 34.0 Å². The van der Waals surface area contributed by atoms with Crippen molar-refractivity contribution >= 4 is 27.5 Å². The number of rotatable bonds is 12. The smallest absolute Gasteiger partial charge is 0.316 e. The number of methoxy groups -OCH3 is 1. The van der Waals surface area contributed by atoms with Gasteiger partial charge in [-0.15, -0.1) is 5.10 Å². The van der Waals surface area contributed by atoms with E-state index in [0.29, 0.717) is 43.9 Å². The first-order valence-electron chi connectivity index (χ1n) is 21.8. The van der Waals surface area contributed by atoms with Gasteiger partial charge in [-0.1, -0.05) is 43.3 Å². The standard InChI is InChI=1S/C43H69N7O12S/c1-25-20-43(7,58-9)39(28(4)36(51)29(5)40(54)59-24-42(6,55)38(53)27(3)35(25)47-62-32-11-10-17-45-21-32)61-41-37(52)34(19-26(2)60-41)49(8)18-16-31-23-50(48-46-31)22-30-12-14-33(15-13-30)63(44,56)57/h12-15,23,25-29,32,34,37-39,41,45,52-53,55H,10-11,16-22,24H2,1-9H3,(H2,44,56,57)/b47-35+/t25-,26-,27+,28+,29-,32-,34+,37-,38-,39-,41+,42-,43-/m1/s1. The Morgan fingerprint density at radius 1 is 1.10 bits per heavy atom. The maximum Gasteiger partial charge on any atom is 0.316 e. The number of hydrogen-bond donors (Lipinski definition) is 5. The number of nitrogens with zero attached hydrogens (tertiary/aromatic N) is 5. The number of aromatic nitrogens is 3. The third-order valence-corrected chi connectivity index (χ3v) is 13.9. The summed E-state index contributed by atoms with van der Waals surface area (Å²) in [4.78, 5) is 35.7. The highest BCUT2D eigenvalue weighted by atomic mass is 32.2. The molecule has 0 unspecified atom stereocenters. The minimum absolute atomic E-state index is 0.0231. The minimum atomic E-state index is -3.80. The number of ether oxygens (including phenoxy) is 4. The van der Waals surface area contributed by atoms with E-state index in [9.17, 15) is 33.3 Å². The molecule has 0 aliphatic carbocycles. The first-order chi connectivity index (χ1) is 29.5. The molecule has 0 spiro atoms. The van der Waals surface area contributed by atoms with Crippen LogP contribution in [0.15, 0.2) is 40.5 Å². The predicted octanol–water partition coefficient (Wildman–Crippen LogP) is 1.40. The molecule has 3 fully saturated rings. The zero-order valence-electron chi connectivity index (χ0n) is 38.0. The lowest BCUT2D eigenvalue weighted by Crippen LogP contribution is -2.60. The Kier molecular flexibility index (Phi) is 17.1. The number of cyclic esters (lactones) is 1. The Balaban J connectivity index is 1.37. The number of nitrogens with one attached hydrogen (secondary N) is 1. The van der Waals surface area contributed by atoms with Crippen LogP contribution in [0.5, 0.6) is 0 Å². The van der Waals surface area contributed by atoms with E-state index in [1.54, 1.807) is 37.6 Å². The van der Waals surface area contributed by atoms with Crippen molar-refractivity contribution in [1.29, 1.82) is 0 Å². The molecule has 13 atom stereocenters. The second-order valence-corrected chi connectivity index (χ2v) is 19.9. The van der Waals surface area contributed by atoms with Gasteiger partial charge in [0.25, 0.3) is 0 Å². The van der Waals surface area contributed by atoms with Crippen molar-refractivity contribution in [3.8, 4) is 0 Å². The summed E-state index contributed by atoms with van der Waals surface area (Å²) in [5.74, 6) is -4.87. The first-order valence-corrected chi connectivity index (χ1v) is 23.4. The van der Waals surface area contributed by atoms with Crippen LogP contribution in [-0.2, 0) is 56.4 Å². The molecule has 0 bridgehead atoms. The molecule has 5 rings (SSSR count). The molecule has 4 heterocycles. The normalized spacial score (nSPS) is 36.2. The number of ketones is 1. The van der Waals surface area contributed by atoms with Crippen LogP contribution in [0.2, 0.25) is 0 Å². The molecule has 20 heteroatoms. The number of carbonyl (C=O) groups excluding carboxylic acids is 2. The lowest BCUT2D eigenvalue weighted by molar-refractivity contribution is -0.295. The van der Waals surface area contributed by atoms with Gasteiger partial charge in [-0.2, -0.15) is 0 Å². The maximum atomic E-state index is 14.2. The molecule has 63 heavy (non-hydrogen) atoms. The van der Waals surface area contributed by atoms with E-state index in [2.05, 4.69) is 20.8 Å². The summed E-state index contributed by atoms with van der Waals surface area (Å²) in [6, 6.07) is 5.80. The van der Waals surface area contributed by atoms with Gasteiger partial charge in [0.15, 0.2) is 12.1 Å². The molecule has 1 aromatic heterocycles. The van der Waals surface area contributed by atoms with Gasteiger partial charge < -0.3 is 49.3 Å². The molecule has 3 saturated heterocycles. The molecule has 354 valence electrons. The number of carbonyl (C=O) groups is 2. The Labute approximate surface area is 371 Å². The maximum absolute atomic E-state index is 14.2. The average Bonchev–Trinajstić information content (AvgIpc) is 3.70. The molecule has 19 nitrogen and oxygen atoms in total. The molecule has 6 N–H and O–H groups in total. The Morgan fingerprint density at radius 3 is 2.43 bits per heavy atom. The number of esters is 1. The molecule has 2 aromatic rings. The van der Waals surface area contributed by atoms with Crippen molar-refractivity contribution in [1.82, 2.24) is 25.2 Å². The fourth-order valence-electron chi connectivity index (χ4n) is 8.96. The highest BCUT2D eigenvalue weighted by molar-refractivity contribution is 7.89. The lowest BCUT2D eigenvalue weighted by Gasteiger charge is -2.47. The van der Waals surface area contributed by atoms with Gasteiger partial charge in [-0.05, 0) is 84.7 Å². The largest absolute Gasteiger partial charge is 0.462 e. The van der Waals surface area contributed by atoms with Crippen molar-refractivity contribution in [2.45, 2.75) is 146 Å². The first kappa shape index (κ1) is 50.6. The van der Waals surface area contributed by atoms with E-state index in [1.807, 2.05) is 32.0 Å². The molecule has 0 amide bonds. The SMILES string of the molecule is CO[C@]1(C)C[C@@H](C)/C(=N\O[C@@H]2CCCNC2)[C@H](C)[C@@H](O)[C@](C)(O)COC(=O)[C@H](C)C(=O)[C@H](C)[C@H]1O[C@@H]1O[C@H](C)C[C@H](N(C)CCc2cn(Cc3ccc(S(N)(=O)=O)cc3)nn2)[C@H]1O. The number of oxime groups is 1. The van der Waals surface area contributed by atoms with Crippen molar-refractivity contribution in [2.75, 3.05) is 40.4 Å². The van der Waals surface area contributed by atoms with E-state index in [4.69, 9.17) is 28.9 Å². The van der Waals surface area contributed by atoms with Gasteiger partial charge in [0.1, 0.15) is 30.3 Å². The molecular formula is C43H69N7O12S. The number of aliphatic hydroxyl groups is 3. The number of Topliss-reactive ketones (excluding diaryl/α,β-unsaturated/α-hetero) is 1. The van der Waals surface area contributed by atoms with Gasteiger partial charge in [0.2, 0.25) is 10.0 Å². The number of nitrogens with two attached hydrogens (primary N) is 1. The number of aliphatic hydroxyl groups excluding tert-OH is 2. The topological polar surface area (TPSA) is 259 Å².